The van der Waals surface area contributed by atoms with Crippen molar-refractivity contribution in [3.63, 3.8) is 0 Å². The predicted octanol–water partition coefficient (Wildman–Crippen LogP) is 2.80. The lowest BCUT2D eigenvalue weighted by molar-refractivity contribution is -0.201. The molecule has 0 atom stereocenters. The van der Waals surface area contributed by atoms with Crippen molar-refractivity contribution in [2.45, 2.75) is 12.7 Å². The van der Waals surface area contributed by atoms with Gasteiger partial charge in [-0.3, -0.25) is 0 Å². The Labute approximate surface area is 85.2 Å². The molecule has 2 nitrogen and oxygen atoms in total. The van der Waals surface area contributed by atoms with Gasteiger partial charge in [0.05, 0.1) is 0 Å². The van der Waals surface area contributed by atoms with E-state index in [1.54, 1.807) is 20.3 Å². The van der Waals surface area contributed by atoms with Crippen LogP contribution in [-0.4, -0.2) is 14.2 Å². The lowest BCUT2D eigenvalue weighted by Gasteiger charge is -2.26. The lowest BCUT2D eigenvalue weighted by Crippen LogP contribution is -2.26. The first-order valence-corrected chi connectivity index (χ1v) is 4.49. The summed E-state index contributed by atoms with van der Waals surface area (Å²) in [4.78, 5) is 0. The zero-order chi connectivity index (χ0) is 10.6. The molecule has 0 aliphatic heterocycles. The molecule has 0 aliphatic rings. The summed E-state index contributed by atoms with van der Waals surface area (Å²) < 4.78 is 10.6. The van der Waals surface area contributed by atoms with Crippen LogP contribution in [0.15, 0.2) is 30.8 Å². The summed E-state index contributed by atoms with van der Waals surface area (Å²) in [5.74, 6) is -0.667. The molecule has 0 spiro atoms. The summed E-state index contributed by atoms with van der Waals surface area (Å²) in [6.45, 7) is 5.59. The average Bonchev–Trinajstić information content (AvgIpc) is 2.28. The van der Waals surface area contributed by atoms with E-state index in [2.05, 4.69) is 6.58 Å². The molecule has 1 aromatic rings. The minimum Gasteiger partial charge on any atom is -0.349 e. The second-order valence-electron chi connectivity index (χ2n) is 3.18. The van der Waals surface area contributed by atoms with Gasteiger partial charge >= 0.3 is 0 Å². The van der Waals surface area contributed by atoms with Crippen LogP contribution in [0, 0.1) is 0 Å². The molecule has 0 amide bonds. The fourth-order valence-electron chi connectivity index (χ4n) is 1.24. The highest BCUT2D eigenvalue weighted by Gasteiger charge is 2.24. The average molecular weight is 192 g/mol. The van der Waals surface area contributed by atoms with Gasteiger partial charge in [0.1, 0.15) is 0 Å². The fraction of sp³-hybridized carbons (Fsp3) is 0.333. The minimum atomic E-state index is -0.667. The Morgan fingerprint density at radius 3 is 2.00 bits per heavy atom. The highest BCUT2D eigenvalue weighted by molar-refractivity contribution is 5.47. The quantitative estimate of drug-likeness (QED) is 0.683. The summed E-state index contributed by atoms with van der Waals surface area (Å²) in [5.41, 5.74) is 2.08. The number of rotatable bonds is 4. The maximum absolute atomic E-state index is 5.30. The standard InChI is InChI=1S/C12H16O2/c1-5-10-6-8-11(9-7-10)12(2,13-3)14-4/h5-9H,1H2,2-4H3. The van der Waals surface area contributed by atoms with Crippen LogP contribution in [0.3, 0.4) is 0 Å². The molecule has 1 rings (SSSR count). The van der Waals surface area contributed by atoms with Crippen molar-refractivity contribution in [2.24, 2.45) is 0 Å². The summed E-state index contributed by atoms with van der Waals surface area (Å²) in [5, 5.41) is 0. The first-order chi connectivity index (χ1) is 6.66. The third-order valence-corrected chi connectivity index (χ3v) is 2.45. The molecular formula is C12H16O2. The zero-order valence-electron chi connectivity index (χ0n) is 8.91. The van der Waals surface area contributed by atoms with E-state index < -0.39 is 5.79 Å². The number of hydrogen-bond acceptors (Lipinski definition) is 2. The van der Waals surface area contributed by atoms with E-state index in [0.29, 0.717) is 0 Å². The molecule has 1 aromatic carbocycles. The van der Waals surface area contributed by atoms with E-state index in [-0.39, 0.29) is 0 Å². The molecule has 0 N–H and O–H groups in total. The molecule has 0 radical (unpaired) electrons. The van der Waals surface area contributed by atoms with Gasteiger partial charge < -0.3 is 9.47 Å². The van der Waals surface area contributed by atoms with Crippen LogP contribution in [0.1, 0.15) is 18.1 Å². The first-order valence-electron chi connectivity index (χ1n) is 4.49. The van der Waals surface area contributed by atoms with E-state index in [1.165, 1.54) is 0 Å². The van der Waals surface area contributed by atoms with Crippen LogP contribution in [0.5, 0.6) is 0 Å². The van der Waals surface area contributed by atoms with Crippen LogP contribution in [0.4, 0.5) is 0 Å². The molecule has 0 aromatic heterocycles. The van der Waals surface area contributed by atoms with Crippen molar-refractivity contribution >= 4 is 6.08 Å². The third kappa shape index (κ3) is 2.03. The summed E-state index contributed by atoms with van der Waals surface area (Å²) in [6, 6.07) is 7.92. The number of hydrogen-bond donors (Lipinski definition) is 0. The van der Waals surface area contributed by atoms with E-state index >= 15 is 0 Å². The Kier molecular flexibility index (Phi) is 3.44. The predicted molar refractivity (Wildman–Crippen MR) is 57.9 cm³/mol. The van der Waals surface area contributed by atoms with Crippen molar-refractivity contribution < 1.29 is 9.47 Å². The van der Waals surface area contributed by atoms with E-state index in [9.17, 15) is 0 Å². The Bertz CT molecular complexity index is 297. The fourth-order valence-corrected chi connectivity index (χ4v) is 1.24. The summed E-state index contributed by atoms with van der Waals surface area (Å²) in [7, 11) is 3.26. The van der Waals surface area contributed by atoms with Crippen LogP contribution >= 0.6 is 0 Å². The molecule has 14 heavy (non-hydrogen) atoms. The Morgan fingerprint density at radius 1 is 1.14 bits per heavy atom. The van der Waals surface area contributed by atoms with Crippen molar-refractivity contribution in [2.75, 3.05) is 14.2 Å². The van der Waals surface area contributed by atoms with Crippen LogP contribution in [0.2, 0.25) is 0 Å². The van der Waals surface area contributed by atoms with Gasteiger partial charge in [-0.15, -0.1) is 0 Å². The summed E-state index contributed by atoms with van der Waals surface area (Å²) >= 11 is 0. The Morgan fingerprint density at radius 2 is 1.64 bits per heavy atom. The Balaban J connectivity index is 3.00. The minimum absolute atomic E-state index is 0.667. The van der Waals surface area contributed by atoms with Gasteiger partial charge in [-0.05, 0) is 12.5 Å². The molecule has 0 saturated heterocycles. The van der Waals surface area contributed by atoms with Gasteiger partial charge in [0.15, 0.2) is 5.79 Å². The normalized spacial score (nSPS) is 11.4. The SMILES string of the molecule is C=Cc1ccc(C(C)(OC)OC)cc1. The van der Waals surface area contributed by atoms with Crippen molar-refractivity contribution in [1.29, 1.82) is 0 Å². The van der Waals surface area contributed by atoms with Gasteiger partial charge in [0, 0.05) is 19.8 Å². The highest BCUT2D eigenvalue weighted by atomic mass is 16.7. The second-order valence-corrected chi connectivity index (χ2v) is 3.18. The molecule has 0 unspecified atom stereocenters. The van der Waals surface area contributed by atoms with Gasteiger partial charge in [-0.2, -0.15) is 0 Å². The number of methoxy groups -OCH3 is 2. The van der Waals surface area contributed by atoms with E-state index in [1.807, 2.05) is 31.2 Å². The van der Waals surface area contributed by atoms with Gasteiger partial charge in [0.25, 0.3) is 0 Å². The topological polar surface area (TPSA) is 18.5 Å². The second kappa shape index (κ2) is 4.40. The smallest absolute Gasteiger partial charge is 0.191 e. The monoisotopic (exact) mass is 192 g/mol. The lowest BCUT2D eigenvalue weighted by atomic mass is 10.1. The van der Waals surface area contributed by atoms with Crippen LogP contribution in [-0.2, 0) is 15.3 Å². The molecule has 2 heteroatoms. The van der Waals surface area contributed by atoms with Gasteiger partial charge in [-0.1, -0.05) is 36.9 Å². The highest BCUT2D eigenvalue weighted by Crippen LogP contribution is 2.25. The molecule has 0 aliphatic carbocycles. The van der Waals surface area contributed by atoms with Crippen LogP contribution < -0.4 is 0 Å². The first kappa shape index (κ1) is 11.0. The maximum atomic E-state index is 5.30. The van der Waals surface area contributed by atoms with Crippen molar-refractivity contribution in [3.05, 3.63) is 42.0 Å². The maximum Gasteiger partial charge on any atom is 0.191 e. The summed E-state index contributed by atoms with van der Waals surface area (Å²) in [6.07, 6.45) is 1.81. The van der Waals surface area contributed by atoms with Gasteiger partial charge in [0.2, 0.25) is 0 Å². The molecule has 0 heterocycles. The van der Waals surface area contributed by atoms with Crippen LogP contribution in [0.25, 0.3) is 6.08 Å². The van der Waals surface area contributed by atoms with Crippen molar-refractivity contribution in [1.82, 2.24) is 0 Å². The number of benzene rings is 1. The van der Waals surface area contributed by atoms with E-state index in [0.717, 1.165) is 11.1 Å². The third-order valence-electron chi connectivity index (χ3n) is 2.45. The molecular weight excluding hydrogens is 176 g/mol. The molecule has 0 fully saturated rings. The largest absolute Gasteiger partial charge is 0.349 e. The van der Waals surface area contributed by atoms with Crippen molar-refractivity contribution in [3.8, 4) is 0 Å². The zero-order valence-corrected chi connectivity index (χ0v) is 8.91. The van der Waals surface area contributed by atoms with Gasteiger partial charge in [-0.25, -0.2) is 0 Å². The van der Waals surface area contributed by atoms with E-state index in [4.69, 9.17) is 9.47 Å². The number of ether oxygens (including phenoxy) is 2. The molecule has 0 bridgehead atoms. The molecule has 76 valence electrons. The Hall–Kier alpha value is -1.12. The molecule has 0 saturated carbocycles.